The lowest BCUT2D eigenvalue weighted by atomic mass is 10.1. The second-order valence-electron chi connectivity index (χ2n) is 6.95. The van der Waals surface area contributed by atoms with Gasteiger partial charge in [-0.3, -0.25) is 13.9 Å². The lowest BCUT2D eigenvalue weighted by molar-refractivity contribution is -0.139. The van der Waals surface area contributed by atoms with Gasteiger partial charge >= 0.3 is 0 Å². The SMILES string of the molecule is CCNC(=O)[C@@H](C)N(Cc1ccccc1)C(=O)CN(c1ccc(F)c(F)c1)S(C)(=O)=O. The normalized spacial score (nSPS) is 12.2. The van der Waals surface area contributed by atoms with Gasteiger partial charge in [-0.15, -0.1) is 0 Å². The van der Waals surface area contributed by atoms with Crippen molar-refractivity contribution in [2.24, 2.45) is 0 Å². The first kappa shape index (κ1) is 24.3. The summed E-state index contributed by atoms with van der Waals surface area (Å²) < 4.78 is 52.3. The third-order valence-corrected chi connectivity index (χ3v) is 5.72. The number of halogens is 2. The number of nitrogens with zero attached hydrogens (tertiary/aromatic N) is 2. The molecule has 7 nitrogen and oxygen atoms in total. The first-order valence-corrected chi connectivity index (χ1v) is 11.4. The quantitative estimate of drug-likeness (QED) is 0.631. The molecule has 0 aliphatic heterocycles. The molecule has 2 amide bonds. The zero-order chi connectivity index (χ0) is 23.2. The van der Waals surface area contributed by atoms with Crippen LogP contribution in [0.3, 0.4) is 0 Å². The largest absolute Gasteiger partial charge is 0.355 e. The van der Waals surface area contributed by atoms with Crippen LogP contribution in [0, 0.1) is 11.6 Å². The Morgan fingerprint density at radius 3 is 2.26 bits per heavy atom. The minimum atomic E-state index is -4.01. The molecule has 2 aromatic rings. The summed E-state index contributed by atoms with van der Waals surface area (Å²) in [5.74, 6) is -3.45. The zero-order valence-corrected chi connectivity index (χ0v) is 18.3. The summed E-state index contributed by atoms with van der Waals surface area (Å²) in [7, 11) is -4.01. The highest BCUT2D eigenvalue weighted by atomic mass is 32.2. The molecule has 0 unspecified atom stereocenters. The number of sulfonamides is 1. The lowest BCUT2D eigenvalue weighted by Gasteiger charge is -2.31. The Morgan fingerprint density at radius 1 is 1.06 bits per heavy atom. The van der Waals surface area contributed by atoms with Gasteiger partial charge in [0.05, 0.1) is 11.9 Å². The van der Waals surface area contributed by atoms with Crippen molar-refractivity contribution in [1.29, 1.82) is 0 Å². The number of carbonyl (C=O) groups excluding carboxylic acids is 2. The molecule has 0 aliphatic carbocycles. The van der Waals surface area contributed by atoms with Crippen LogP contribution >= 0.6 is 0 Å². The van der Waals surface area contributed by atoms with Crippen molar-refractivity contribution in [3.8, 4) is 0 Å². The Balaban J connectivity index is 2.38. The van der Waals surface area contributed by atoms with Crippen LogP contribution in [0.5, 0.6) is 0 Å². The molecule has 2 aromatic carbocycles. The summed E-state index contributed by atoms with van der Waals surface area (Å²) in [5, 5.41) is 2.64. The van der Waals surface area contributed by atoms with Gasteiger partial charge in [0, 0.05) is 19.2 Å². The van der Waals surface area contributed by atoms with Crippen LogP contribution in [0.1, 0.15) is 19.4 Å². The molecule has 0 aromatic heterocycles. The molecule has 0 radical (unpaired) electrons. The number of likely N-dealkylation sites (N-methyl/N-ethyl adjacent to an activating group) is 1. The minimum Gasteiger partial charge on any atom is -0.355 e. The van der Waals surface area contributed by atoms with E-state index in [9.17, 15) is 26.8 Å². The summed E-state index contributed by atoms with van der Waals surface area (Å²) in [6.45, 7) is 3.02. The fourth-order valence-electron chi connectivity index (χ4n) is 2.94. The van der Waals surface area contributed by atoms with E-state index in [1.165, 1.54) is 11.8 Å². The van der Waals surface area contributed by atoms with Crippen LogP contribution in [-0.2, 0) is 26.2 Å². The average Bonchev–Trinajstić information content (AvgIpc) is 2.72. The van der Waals surface area contributed by atoms with Crippen molar-refractivity contribution in [2.45, 2.75) is 26.4 Å². The van der Waals surface area contributed by atoms with Gasteiger partial charge in [0.15, 0.2) is 11.6 Å². The predicted molar refractivity (Wildman–Crippen MR) is 114 cm³/mol. The van der Waals surface area contributed by atoms with Crippen LogP contribution < -0.4 is 9.62 Å². The molecule has 0 heterocycles. The number of hydrogen-bond donors (Lipinski definition) is 1. The van der Waals surface area contributed by atoms with Crippen molar-refractivity contribution >= 4 is 27.5 Å². The fourth-order valence-corrected chi connectivity index (χ4v) is 3.78. The molecule has 0 fully saturated rings. The van der Waals surface area contributed by atoms with Gasteiger partial charge in [-0.25, -0.2) is 17.2 Å². The van der Waals surface area contributed by atoms with Crippen molar-refractivity contribution in [3.05, 3.63) is 65.7 Å². The van der Waals surface area contributed by atoms with Gasteiger partial charge in [-0.2, -0.15) is 0 Å². The highest BCUT2D eigenvalue weighted by Gasteiger charge is 2.30. The van der Waals surface area contributed by atoms with Gasteiger partial charge in [-0.1, -0.05) is 30.3 Å². The van der Waals surface area contributed by atoms with Crippen molar-refractivity contribution in [3.63, 3.8) is 0 Å². The number of nitrogens with one attached hydrogen (secondary N) is 1. The van der Waals surface area contributed by atoms with E-state index < -0.39 is 46.1 Å². The molecule has 0 saturated heterocycles. The van der Waals surface area contributed by atoms with E-state index in [4.69, 9.17) is 0 Å². The molecule has 31 heavy (non-hydrogen) atoms. The molecule has 0 aliphatic rings. The molecule has 0 spiro atoms. The van der Waals surface area contributed by atoms with Crippen molar-refractivity contribution in [2.75, 3.05) is 23.7 Å². The van der Waals surface area contributed by atoms with E-state index in [-0.39, 0.29) is 12.2 Å². The van der Waals surface area contributed by atoms with Gasteiger partial charge in [0.2, 0.25) is 21.8 Å². The van der Waals surface area contributed by atoms with Crippen LogP contribution in [-0.4, -0.2) is 50.5 Å². The van der Waals surface area contributed by atoms with Crippen LogP contribution in [0.4, 0.5) is 14.5 Å². The number of benzene rings is 2. The summed E-state index contributed by atoms with van der Waals surface area (Å²) >= 11 is 0. The molecule has 0 bridgehead atoms. The number of carbonyl (C=O) groups is 2. The molecule has 10 heteroatoms. The van der Waals surface area contributed by atoms with Crippen molar-refractivity contribution < 1.29 is 26.8 Å². The molecule has 1 atom stereocenters. The molecule has 0 saturated carbocycles. The van der Waals surface area contributed by atoms with Crippen molar-refractivity contribution in [1.82, 2.24) is 10.2 Å². The number of hydrogen-bond acceptors (Lipinski definition) is 4. The topological polar surface area (TPSA) is 86.8 Å². The summed E-state index contributed by atoms with van der Waals surface area (Å²) in [4.78, 5) is 26.8. The van der Waals surface area contributed by atoms with Gasteiger partial charge in [0.25, 0.3) is 0 Å². The first-order valence-electron chi connectivity index (χ1n) is 9.58. The van der Waals surface area contributed by atoms with E-state index >= 15 is 0 Å². The van der Waals surface area contributed by atoms with Crippen LogP contribution in [0.15, 0.2) is 48.5 Å². The molecular weight excluding hydrogens is 428 g/mol. The molecule has 2 rings (SSSR count). The first-order chi connectivity index (χ1) is 14.5. The van der Waals surface area contributed by atoms with Gasteiger partial charge in [-0.05, 0) is 31.5 Å². The zero-order valence-electron chi connectivity index (χ0n) is 17.5. The van der Waals surface area contributed by atoms with Gasteiger partial charge < -0.3 is 10.2 Å². The van der Waals surface area contributed by atoms with E-state index in [1.807, 2.05) is 0 Å². The Morgan fingerprint density at radius 2 is 1.71 bits per heavy atom. The van der Waals surface area contributed by atoms with E-state index in [2.05, 4.69) is 5.32 Å². The Hall–Kier alpha value is -3.01. The monoisotopic (exact) mass is 453 g/mol. The maximum atomic E-state index is 13.7. The van der Waals surface area contributed by atoms with E-state index in [0.717, 1.165) is 24.0 Å². The highest BCUT2D eigenvalue weighted by molar-refractivity contribution is 7.92. The fraction of sp³-hybridized carbons (Fsp3) is 0.333. The summed E-state index contributed by atoms with van der Waals surface area (Å²) in [6.07, 6.45) is 0.857. The number of rotatable bonds is 9. The molecular formula is C21H25F2N3O4S. The van der Waals surface area contributed by atoms with Gasteiger partial charge in [0.1, 0.15) is 12.6 Å². The molecule has 1 N–H and O–H groups in total. The molecule has 168 valence electrons. The maximum Gasteiger partial charge on any atom is 0.244 e. The number of anilines is 1. The number of amides is 2. The summed E-state index contributed by atoms with van der Waals surface area (Å²) in [6, 6.07) is 10.6. The van der Waals surface area contributed by atoms with Crippen LogP contribution in [0.25, 0.3) is 0 Å². The second kappa shape index (κ2) is 10.3. The minimum absolute atomic E-state index is 0.0629. The van der Waals surface area contributed by atoms with E-state index in [1.54, 1.807) is 37.3 Å². The standard InChI is InChI=1S/C21H25F2N3O4S/c1-4-24-21(28)15(2)25(13-16-8-6-5-7-9-16)20(27)14-26(31(3,29)30)17-10-11-18(22)19(23)12-17/h5-12,15H,4,13-14H2,1-3H3,(H,24,28)/t15-/m1/s1. The van der Waals surface area contributed by atoms with E-state index in [0.29, 0.717) is 16.9 Å². The second-order valence-corrected chi connectivity index (χ2v) is 8.85. The highest BCUT2D eigenvalue weighted by Crippen LogP contribution is 2.21. The smallest absolute Gasteiger partial charge is 0.244 e. The predicted octanol–water partition coefficient (Wildman–Crippen LogP) is 2.28. The van der Waals surface area contributed by atoms with Crippen LogP contribution in [0.2, 0.25) is 0 Å². The third-order valence-electron chi connectivity index (χ3n) is 4.58. The Bertz CT molecular complexity index is 1030. The third kappa shape index (κ3) is 6.48. The Kier molecular flexibility index (Phi) is 8.09. The Labute approximate surface area is 180 Å². The lowest BCUT2D eigenvalue weighted by Crippen LogP contribution is -2.51. The summed E-state index contributed by atoms with van der Waals surface area (Å²) in [5.41, 5.74) is 0.547. The maximum absolute atomic E-state index is 13.7. The average molecular weight is 454 g/mol.